The average Bonchev–Trinajstić information content (AvgIpc) is 3.67. The maximum absolute atomic E-state index is 13.8. The summed E-state index contributed by atoms with van der Waals surface area (Å²) in [5.74, 6) is -2.61. The molecule has 13 heteroatoms. The van der Waals surface area contributed by atoms with Gasteiger partial charge in [-0.05, 0) is 23.5 Å². The zero-order chi connectivity index (χ0) is 30.9. The zero-order valence-electron chi connectivity index (χ0n) is 24.6. The normalized spacial score (nSPS) is 24.7. The number of nitrogens with zero attached hydrogens (tertiary/aromatic N) is 3. The highest BCUT2D eigenvalue weighted by Crippen LogP contribution is 2.22. The molecule has 4 rings (SSSR count). The molecule has 5 amide bonds. The van der Waals surface area contributed by atoms with E-state index in [-0.39, 0.29) is 57.3 Å². The molecule has 0 saturated carbocycles. The standard InChI is InChI=1S/C30H41N7O6/c1-3-19(2)27-30(43)37-17-22(38)14-24(37)29(42)34-23(13-20-7-5-4-6-8-20)28(41)31-11-12-36(18-25(39)35-27)26(40)10-9-21-15-32-33-16-21/h4-8,15-16,19,22-24,27,38H,3,9-14,17-18H2,1-2H3,(H,31,41)(H,32,33)(H,34,42)(H,35,39)/t19-,22+,23-,24-,27-/m0/s1. The van der Waals surface area contributed by atoms with Crippen LogP contribution in [0.5, 0.6) is 0 Å². The SMILES string of the molecule is CC[C@H](C)[C@@H]1NC(=O)CN(C(=O)CCc2cn[nH]c2)CCNC(=O)[C@H](Cc2ccccc2)NC(=O)[C@@H]2C[C@@H](O)CN2C1=O. The summed E-state index contributed by atoms with van der Waals surface area (Å²) >= 11 is 0. The van der Waals surface area contributed by atoms with Crippen LogP contribution in [-0.2, 0) is 36.8 Å². The van der Waals surface area contributed by atoms with Crippen molar-refractivity contribution < 1.29 is 29.1 Å². The van der Waals surface area contributed by atoms with E-state index in [1.807, 2.05) is 44.2 Å². The summed E-state index contributed by atoms with van der Waals surface area (Å²) in [6.07, 6.45) is 3.69. The molecule has 43 heavy (non-hydrogen) atoms. The third-order valence-electron chi connectivity index (χ3n) is 8.13. The van der Waals surface area contributed by atoms with E-state index in [1.54, 1.807) is 12.4 Å². The first kappa shape index (κ1) is 31.7. The van der Waals surface area contributed by atoms with Crippen molar-refractivity contribution in [3.05, 3.63) is 53.9 Å². The second-order valence-corrected chi connectivity index (χ2v) is 11.3. The van der Waals surface area contributed by atoms with Crippen molar-refractivity contribution in [3.63, 3.8) is 0 Å². The van der Waals surface area contributed by atoms with Crippen LogP contribution < -0.4 is 16.0 Å². The second kappa shape index (κ2) is 14.8. The van der Waals surface area contributed by atoms with Crippen molar-refractivity contribution in [2.75, 3.05) is 26.2 Å². The van der Waals surface area contributed by atoms with Gasteiger partial charge in [0.15, 0.2) is 0 Å². The van der Waals surface area contributed by atoms with E-state index in [1.165, 1.54) is 9.80 Å². The number of fused-ring (bicyclic) bond motifs is 1. The van der Waals surface area contributed by atoms with Crippen LogP contribution in [0.1, 0.15) is 44.2 Å². The fraction of sp³-hybridized carbons (Fsp3) is 0.533. The zero-order valence-corrected chi connectivity index (χ0v) is 24.6. The molecular weight excluding hydrogens is 554 g/mol. The van der Waals surface area contributed by atoms with Crippen LogP contribution in [0.15, 0.2) is 42.7 Å². The van der Waals surface area contributed by atoms with Crippen LogP contribution in [-0.4, -0.2) is 105 Å². The number of benzene rings is 1. The highest BCUT2D eigenvalue weighted by atomic mass is 16.3. The summed E-state index contributed by atoms with van der Waals surface area (Å²) in [6.45, 7) is 3.43. The number of carbonyl (C=O) groups is 5. The monoisotopic (exact) mass is 595 g/mol. The molecule has 0 spiro atoms. The minimum Gasteiger partial charge on any atom is -0.391 e. The number of aliphatic hydroxyl groups is 1. The third kappa shape index (κ3) is 8.40. The number of aromatic nitrogens is 2. The van der Waals surface area contributed by atoms with E-state index >= 15 is 0 Å². The lowest BCUT2D eigenvalue weighted by Crippen LogP contribution is -2.58. The lowest BCUT2D eigenvalue weighted by atomic mass is 9.97. The summed E-state index contributed by atoms with van der Waals surface area (Å²) < 4.78 is 0. The van der Waals surface area contributed by atoms with Gasteiger partial charge in [0, 0.05) is 45.1 Å². The van der Waals surface area contributed by atoms with Gasteiger partial charge in [-0.3, -0.25) is 29.1 Å². The Morgan fingerprint density at radius 2 is 1.86 bits per heavy atom. The number of rotatable bonds is 7. The van der Waals surface area contributed by atoms with Gasteiger partial charge in [0.2, 0.25) is 29.5 Å². The summed E-state index contributed by atoms with van der Waals surface area (Å²) in [5, 5.41) is 25.5. The summed E-state index contributed by atoms with van der Waals surface area (Å²) in [6, 6.07) is 6.27. The molecule has 2 aromatic rings. The Bertz CT molecular complexity index is 1270. The number of hydrogen-bond acceptors (Lipinski definition) is 7. The molecule has 0 unspecified atom stereocenters. The van der Waals surface area contributed by atoms with Gasteiger partial charge in [-0.15, -0.1) is 0 Å². The molecule has 3 heterocycles. The first-order valence-electron chi connectivity index (χ1n) is 14.8. The van der Waals surface area contributed by atoms with Gasteiger partial charge < -0.3 is 30.9 Å². The summed E-state index contributed by atoms with van der Waals surface area (Å²) in [7, 11) is 0. The van der Waals surface area contributed by atoms with Crippen LogP contribution in [0.25, 0.3) is 0 Å². The Kier molecular flexibility index (Phi) is 10.9. The van der Waals surface area contributed by atoms with Gasteiger partial charge in [0.05, 0.1) is 18.8 Å². The first-order chi connectivity index (χ1) is 20.7. The summed E-state index contributed by atoms with van der Waals surface area (Å²) in [4.78, 5) is 69.9. The number of carbonyl (C=O) groups excluding carboxylic acids is 5. The highest BCUT2D eigenvalue weighted by Gasteiger charge is 2.43. The smallest absolute Gasteiger partial charge is 0.246 e. The molecule has 2 aliphatic rings. The highest BCUT2D eigenvalue weighted by molar-refractivity contribution is 5.95. The lowest BCUT2D eigenvalue weighted by Gasteiger charge is -2.32. The van der Waals surface area contributed by atoms with Gasteiger partial charge >= 0.3 is 0 Å². The maximum atomic E-state index is 13.8. The van der Waals surface area contributed by atoms with Crippen molar-refractivity contribution >= 4 is 29.5 Å². The third-order valence-corrected chi connectivity index (χ3v) is 8.13. The molecule has 5 N–H and O–H groups in total. The van der Waals surface area contributed by atoms with E-state index < -0.39 is 47.9 Å². The van der Waals surface area contributed by atoms with Gasteiger partial charge in [-0.2, -0.15) is 5.10 Å². The molecule has 1 aromatic carbocycles. The number of aryl methyl sites for hydroxylation is 1. The van der Waals surface area contributed by atoms with E-state index in [2.05, 4.69) is 26.1 Å². The summed E-state index contributed by atoms with van der Waals surface area (Å²) in [5.41, 5.74) is 1.66. The fourth-order valence-corrected chi connectivity index (χ4v) is 5.44. The fourth-order valence-electron chi connectivity index (χ4n) is 5.44. The minimum absolute atomic E-state index is 0.0113. The van der Waals surface area contributed by atoms with Gasteiger partial charge in [-0.25, -0.2) is 0 Å². The molecule has 13 nitrogen and oxygen atoms in total. The van der Waals surface area contributed by atoms with Crippen LogP contribution in [0.3, 0.4) is 0 Å². The van der Waals surface area contributed by atoms with Gasteiger partial charge in [0.1, 0.15) is 18.1 Å². The number of H-pyrrole nitrogens is 1. The van der Waals surface area contributed by atoms with Gasteiger partial charge in [-0.1, -0.05) is 50.6 Å². The van der Waals surface area contributed by atoms with Gasteiger partial charge in [0.25, 0.3) is 0 Å². The second-order valence-electron chi connectivity index (χ2n) is 11.3. The Morgan fingerprint density at radius 1 is 1.09 bits per heavy atom. The first-order valence-corrected chi connectivity index (χ1v) is 14.8. The molecule has 2 aliphatic heterocycles. The molecule has 0 radical (unpaired) electrons. The largest absolute Gasteiger partial charge is 0.391 e. The molecule has 0 bridgehead atoms. The van der Waals surface area contributed by atoms with Crippen LogP contribution in [0.2, 0.25) is 0 Å². The predicted molar refractivity (Wildman–Crippen MR) is 156 cm³/mol. The van der Waals surface area contributed by atoms with Crippen LogP contribution in [0, 0.1) is 5.92 Å². The van der Waals surface area contributed by atoms with E-state index in [0.717, 1.165) is 11.1 Å². The number of nitrogens with one attached hydrogen (secondary N) is 4. The van der Waals surface area contributed by atoms with Crippen molar-refractivity contribution in [2.45, 2.75) is 70.2 Å². The molecule has 2 saturated heterocycles. The predicted octanol–water partition coefficient (Wildman–Crippen LogP) is -0.479. The topological polar surface area (TPSA) is 177 Å². The lowest BCUT2D eigenvalue weighted by molar-refractivity contribution is -0.143. The Balaban J connectivity index is 1.61. The Morgan fingerprint density at radius 3 is 2.56 bits per heavy atom. The van der Waals surface area contributed by atoms with Crippen LogP contribution in [0.4, 0.5) is 0 Å². The van der Waals surface area contributed by atoms with E-state index in [4.69, 9.17) is 0 Å². The molecule has 5 atom stereocenters. The number of hydrogen-bond donors (Lipinski definition) is 5. The quantitative estimate of drug-likeness (QED) is 0.287. The molecule has 0 aliphatic carbocycles. The number of aromatic amines is 1. The number of aliphatic hydroxyl groups excluding tert-OH is 1. The Labute approximate surface area is 250 Å². The van der Waals surface area contributed by atoms with E-state index in [0.29, 0.717) is 12.8 Å². The van der Waals surface area contributed by atoms with Crippen LogP contribution >= 0.6 is 0 Å². The van der Waals surface area contributed by atoms with E-state index in [9.17, 15) is 29.1 Å². The molecule has 2 fully saturated rings. The van der Waals surface area contributed by atoms with Crippen molar-refractivity contribution in [3.8, 4) is 0 Å². The van der Waals surface area contributed by atoms with Crippen molar-refractivity contribution in [1.82, 2.24) is 35.9 Å². The Hall–Kier alpha value is -4.26. The maximum Gasteiger partial charge on any atom is 0.246 e. The van der Waals surface area contributed by atoms with Crippen molar-refractivity contribution in [1.29, 1.82) is 0 Å². The number of amides is 5. The molecular formula is C30H41N7O6. The van der Waals surface area contributed by atoms with Crippen molar-refractivity contribution in [2.24, 2.45) is 5.92 Å². The average molecular weight is 596 g/mol. The molecule has 1 aromatic heterocycles. The minimum atomic E-state index is -1.01. The molecule has 232 valence electrons.